The normalized spacial score (nSPS) is 10.4. The molecule has 0 unspecified atom stereocenters. The minimum absolute atomic E-state index is 0.248. The average molecular weight is 453 g/mol. The number of carbonyl (C=O) groups excluding carboxylic acids is 2. The van der Waals surface area contributed by atoms with Gasteiger partial charge in [0.1, 0.15) is 0 Å². The molecule has 29 heavy (non-hydrogen) atoms. The van der Waals surface area contributed by atoms with E-state index >= 15 is 0 Å². The number of ether oxygens (including phenoxy) is 1. The Kier molecular flexibility index (Phi) is 6.67. The summed E-state index contributed by atoms with van der Waals surface area (Å²) >= 11 is 3.35. The van der Waals surface area contributed by atoms with Gasteiger partial charge in [0.05, 0.1) is 18.2 Å². The number of nitrogens with one attached hydrogen (secondary N) is 1. The molecule has 3 rings (SSSR count). The van der Waals surface area contributed by atoms with E-state index in [2.05, 4.69) is 21.2 Å². The summed E-state index contributed by atoms with van der Waals surface area (Å²) in [5.41, 5.74) is 10.3. The lowest BCUT2D eigenvalue weighted by molar-refractivity contribution is 0.0600. The highest BCUT2D eigenvalue weighted by Crippen LogP contribution is 2.20. The van der Waals surface area contributed by atoms with E-state index in [0.29, 0.717) is 22.5 Å². The number of hydrogen-bond donors (Lipinski definition) is 2. The predicted octanol–water partition coefficient (Wildman–Crippen LogP) is 4.86. The van der Waals surface area contributed by atoms with Gasteiger partial charge in [0, 0.05) is 15.8 Å². The van der Waals surface area contributed by atoms with Gasteiger partial charge in [-0.2, -0.15) is 0 Å². The lowest BCUT2D eigenvalue weighted by atomic mass is 10.0. The van der Waals surface area contributed by atoms with Crippen LogP contribution in [0.15, 0.2) is 71.2 Å². The Hall–Kier alpha value is -3.12. The van der Waals surface area contributed by atoms with E-state index in [1.54, 1.807) is 30.3 Å². The lowest BCUT2D eigenvalue weighted by Gasteiger charge is -2.09. The molecule has 0 heterocycles. The van der Waals surface area contributed by atoms with E-state index in [-0.39, 0.29) is 11.9 Å². The standard InChI is InChI=1S/C23H21BrN2O3/c1-29-23(28)17-8-4-15(5-9-17)2-3-16-6-11-19(12-7-16)26-22(27)20-14-18(24)10-13-21(20)25/h4-14H,2-3,25H2,1H3,(H,26,27). The molecule has 0 aromatic heterocycles. The Balaban J connectivity index is 1.58. The summed E-state index contributed by atoms with van der Waals surface area (Å²) in [5.74, 6) is -0.582. The summed E-state index contributed by atoms with van der Waals surface area (Å²) in [7, 11) is 1.37. The number of nitrogens with two attached hydrogens (primary N) is 1. The van der Waals surface area contributed by atoms with Crippen LogP contribution in [-0.2, 0) is 17.6 Å². The highest BCUT2D eigenvalue weighted by Gasteiger charge is 2.11. The quantitative estimate of drug-likeness (QED) is 0.413. The van der Waals surface area contributed by atoms with Crippen molar-refractivity contribution < 1.29 is 14.3 Å². The first kappa shape index (κ1) is 20.6. The fourth-order valence-corrected chi connectivity index (χ4v) is 3.25. The van der Waals surface area contributed by atoms with Crippen molar-refractivity contribution in [1.29, 1.82) is 0 Å². The van der Waals surface area contributed by atoms with Gasteiger partial charge in [-0.05, 0) is 66.4 Å². The van der Waals surface area contributed by atoms with E-state index in [1.807, 2.05) is 36.4 Å². The Morgan fingerprint density at radius 1 is 0.931 bits per heavy atom. The Bertz CT molecular complexity index is 1020. The zero-order valence-electron chi connectivity index (χ0n) is 15.9. The Morgan fingerprint density at radius 2 is 1.52 bits per heavy atom. The number of hydrogen-bond acceptors (Lipinski definition) is 4. The van der Waals surface area contributed by atoms with Gasteiger partial charge in [0.15, 0.2) is 0 Å². The number of rotatable bonds is 6. The van der Waals surface area contributed by atoms with E-state index in [9.17, 15) is 9.59 Å². The summed E-state index contributed by atoms with van der Waals surface area (Å²) in [6.07, 6.45) is 1.70. The maximum absolute atomic E-state index is 12.4. The second kappa shape index (κ2) is 9.39. The number of esters is 1. The molecule has 3 aromatic carbocycles. The van der Waals surface area contributed by atoms with Gasteiger partial charge in [0.25, 0.3) is 5.91 Å². The van der Waals surface area contributed by atoms with Crippen LogP contribution in [0.2, 0.25) is 0 Å². The third-order valence-electron chi connectivity index (χ3n) is 4.55. The summed E-state index contributed by atoms with van der Waals surface area (Å²) in [6.45, 7) is 0. The van der Waals surface area contributed by atoms with Gasteiger partial charge < -0.3 is 15.8 Å². The molecule has 6 heteroatoms. The minimum atomic E-state index is -0.334. The van der Waals surface area contributed by atoms with Crippen LogP contribution in [-0.4, -0.2) is 19.0 Å². The molecule has 3 N–H and O–H groups in total. The lowest BCUT2D eigenvalue weighted by Crippen LogP contribution is -2.14. The Labute approximate surface area is 178 Å². The topological polar surface area (TPSA) is 81.4 Å². The molecule has 0 aliphatic heterocycles. The number of benzene rings is 3. The highest BCUT2D eigenvalue weighted by atomic mass is 79.9. The molecule has 0 saturated carbocycles. The first-order valence-electron chi connectivity index (χ1n) is 9.09. The molecule has 0 radical (unpaired) electrons. The van der Waals surface area contributed by atoms with Crippen molar-refractivity contribution in [3.63, 3.8) is 0 Å². The van der Waals surface area contributed by atoms with Crippen molar-refractivity contribution in [3.8, 4) is 0 Å². The van der Waals surface area contributed by atoms with Crippen LogP contribution in [0.5, 0.6) is 0 Å². The molecular weight excluding hydrogens is 432 g/mol. The molecule has 1 amide bonds. The van der Waals surface area contributed by atoms with Gasteiger partial charge in [-0.1, -0.05) is 40.2 Å². The number of nitrogen functional groups attached to an aromatic ring is 1. The number of amides is 1. The van der Waals surface area contributed by atoms with Crippen molar-refractivity contribution in [1.82, 2.24) is 0 Å². The van der Waals surface area contributed by atoms with Gasteiger partial charge in [0.2, 0.25) is 0 Å². The van der Waals surface area contributed by atoms with Crippen LogP contribution in [0.3, 0.4) is 0 Å². The number of halogens is 1. The number of aryl methyl sites for hydroxylation is 2. The van der Waals surface area contributed by atoms with Crippen molar-refractivity contribution in [2.75, 3.05) is 18.2 Å². The van der Waals surface area contributed by atoms with Crippen LogP contribution in [0.4, 0.5) is 11.4 Å². The second-order valence-corrected chi connectivity index (χ2v) is 7.49. The summed E-state index contributed by atoms with van der Waals surface area (Å²) < 4.78 is 5.50. The van der Waals surface area contributed by atoms with Crippen molar-refractivity contribution >= 4 is 39.2 Å². The van der Waals surface area contributed by atoms with Crippen molar-refractivity contribution in [2.24, 2.45) is 0 Å². The zero-order chi connectivity index (χ0) is 20.8. The zero-order valence-corrected chi connectivity index (χ0v) is 17.5. The molecule has 0 fully saturated rings. The van der Waals surface area contributed by atoms with Gasteiger partial charge >= 0.3 is 5.97 Å². The number of anilines is 2. The fraction of sp³-hybridized carbons (Fsp3) is 0.130. The minimum Gasteiger partial charge on any atom is -0.465 e. The molecule has 0 aliphatic rings. The van der Waals surface area contributed by atoms with E-state index in [1.165, 1.54) is 7.11 Å². The van der Waals surface area contributed by atoms with E-state index in [0.717, 1.165) is 28.4 Å². The van der Waals surface area contributed by atoms with E-state index in [4.69, 9.17) is 10.5 Å². The SMILES string of the molecule is COC(=O)c1ccc(CCc2ccc(NC(=O)c3cc(Br)ccc3N)cc2)cc1. The molecule has 5 nitrogen and oxygen atoms in total. The third-order valence-corrected chi connectivity index (χ3v) is 5.04. The van der Waals surface area contributed by atoms with Crippen molar-refractivity contribution in [3.05, 3.63) is 93.5 Å². The summed E-state index contributed by atoms with van der Waals surface area (Å²) in [5, 5.41) is 2.87. The molecule has 0 saturated heterocycles. The van der Waals surface area contributed by atoms with Crippen LogP contribution in [0.25, 0.3) is 0 Å². The fourth-order valence-electron chi connectivity index (χ4n) is 2.89. The maximum atomic E-state index is 12.4. The van der Waals surface area contributed by atoms with E-state index < -0.39 is 0 Å². The summed E-state index contributed by atoms with van der Waals surface area (Å²) in [6, 6.07) is 20.3. The van der Waals surface area contributed by atoms with Crippen LogP contribution in [0.1, 0.15) is 31.8 Å². The number of carbonyl (C=O) groups is 2. The monoisotopic (exact) mass is 452 g/mol. The van der Waals surface area contributed by atoms with Crippen LogP contribution >= 0.6 is 15.9 Å². The third kappa shape index (κ3) is 5.45. The van der Waals surface area contributed by atoms with Crippen LogP contribution in [0, 0.1) is 0 Å². The second-order valence-electron chi connectivity index (χ2n) is 6.57. The largest absolute Gasteiger partial charge is 0.465 e. The molecular formula is C23H21BrN2O3. The maximum Gasteiger partial charge on any atom is 0.337 e. The van der Waals surface area contributed by atoms with Gasteiger partial charge in [-0.25, -0.2) is 4.79 Å². The number of methoxy groups -OCH3 is 1. The highest BCUT2D eigenvalue weighted by molar-refractivity contribution is 9.10. The molecule has 0 bridgehead atoms. The molecule has 148 valence electrons. The average Bonchev–Trinajstić information content (AvgIpc) is 2.74. The van der Waals surface area contributed by atoms with Gasteiger partial charge in [-0.3, -0.25) is 4.79 Å². The first-order chi connectivity index (χ1) is 14.0. The van der Waals surface area contributed by atoms with Crippen LogP contribution < -0.4 is 11.1 Å². The molecule has 3 aromatic rings. The first-order valence-corrected chi connectivity index (χ1v) is 9.88. The molecule has 0 atom stereocenters. The predicted molar refractivity (Wildman–Crippen MR) is 118 cm³/mol. The molecule has 0 aliphatic carbocycles. The van der Waals surface area contributed by atoms with Gasteiger partial charge in [-0.15, -0.1) is 0 Å². The molecule has 0 spiro atoms. The smallest absolute Gasteiger partial charge is 0.337 e. The summed E-state index contributed by atoms with van der Waals surface area (Å²) in [4.78, 5) is 23.9. The van der Waals surface area contributed by atoms with Crippen molar-refractivity contribution in [2.45, 2.75) is 12.8 Å². The Morgan fingerprint density at radius 3 is 2.10 bits per heavy atom.